The maximum Gasteiger partial charge on any atom is 0.270 e. The molecular formula is C10H14N4O2. The number of oxime groups is 1. The molecule has 1 heterocycles. The van der Waals surface area contributed by atoms with Crippen molar-refractivity contribution in [3.05, 3.63) is 29.6 Å². The number of pyridine rings is 1. The highest BCUT2D eigenvalue weighted by Crippen LogP contribution is 1.98. The molecule has 0 saturated carbocycles. The zero-order chi connectivity index (χ0) is 12.1. The average Bonchev–Trinajstić information content (AvgIpc) is 2.27. The fraction of sp³-hybridized carbons (Fsp3) is 0.300. The minimum atomic E-state index is -0.542. The van der Waals surface area contributed by atoms with Gasteiger partial charge in [-0.1, -0.05) is 11.2 Å². The van der Waals surface area contributed by atoms with Crippen molar-refractivity contribution in [3.63, 3.8) is 0 Å². The van der Waals surface area contributed by atoms with Crippen LogP contribution in [0.2, 0.25) is 0 Å². The summed E-state index contributed by atoms with van der Waals surface area (Å²) in [4.78, 5) is 15.7. The molecule has 1 amide bonds. The van der Waals surface area contributed by atoms with Crippen molar-refractivity contribution in [2.75, 3.05) is 0 Å². The number of carbonyl (C=O) groups excluding carboxylic acids is 1. The average molecular weight is 222 g/mol. The molecule has 0 spiro atoms. The number of carbonyl (C=O) groups is 1. The number of rotatable bonds is 3. The largest absolute Gasteiger partial charge is 0.409 e. The lowest BCUT2D eigenvalue weighted by atomic mass is 10.2. The lowest BCUT2D eigenvalue weighted by molar-refractivity contribution is 0.0943. The van der Waals surface area contributed by atoms with Crippen LogP contribution in [0.25, 0.3) is 0 Å². The van der Waals surface area contributed by atoms with Gasteiger partial charge in [-0.25, -0.2) is 4.98 Å². The van der Waals surface area contributed by atoms with Crippen LogP contribution >= 0.6 is 0 Å². The van der Waals surface area contributed by atoms with E-state index in [0.29, 0.717) is 5.69 Å². The summed E-state index contributed by atoms with van der Waals surface area (Å²) in [6, 6.07) is 4.59. The summed E-state index contributed by atoms with van der Waals surface area (Å²) in [7, 11) is 0. The molecule has 86 valence electrons. The number of nitrogens with two attached hydrogens (primary N) is 1. The van der Waals surface area contributed by atoms with Gasteiger partial charge in [-0.2, -0.15) is 0 Å². The molecule has 0 radical (unpaired) electrons. The summed E-state index contributed by atoms with van der Waals surface area (Å²) in [6.45, 7) is 3.41. The Hall–Kier alpha value is -2.11. The first-order valence-corrected chi connectivity index (χ1v) is 4.76. The third-order valence-electron chi connectivity index (χ3n) is 2.03. The first kappa shape index (κ1) is 12.0. The van der Waals surface area contributed by atoms with Crippen LogP contribution in [-0.2, 0) is 0 Å². The first-order valence-electron chi connectivity index (χ1n) is 4.76. The Balaban J connectivity index is 2.73. The fourth-order valence-corrected chi connectivity index (χ4v) is 1.10. The van der Waals surface area contributed by atoms with Crippen molar-refractivity contribution >= 4 is 11.7 Å². The molecule has 1 aromatic heterocycles. The summed E-state index contributed by atoms with van der Waals surface area (Å²) in [5.74, 6) is -0.413. The van der Waals surface area contributed by atoms with Crippen LogP contribution in [0.4, 0.5) is 0 Å². The van der Waals surface area contributed by atoms with E-state index in [9.17, 15) is 4.79 Å². The van der Waals surface area contributed by atoms with E-state index in [-0.39, 0.29) is 11.7 Å². The van der Waals surface area contributed by atoms with Gasteiger partial charge in [-0.3, -0.25) is 4.79 Å². The molecule has 1 rings (SSSR count). The van der Waals surface area contributed by atoms with E-state index < -0.39 is 6.04 Å². The number of amidine groups is 1. The second-order valence-corrected chi connectivity index (χ2v) is 3.38. The Morgan fingerprint density at radius 3 is 2.88 bits per heavy atom. The number of nitrogens with one attached hydrogen (secondary N) is 1. The van der Waals surface area contributed by atoms with Crippen molar-refractivity contribution in [3.8, 4) is 0 Å². The zero-order valence-corrected chi connectivity index (χ0v) is 9.14. The monoisotopic (exact) mass is 222 g/mol. The van der Waals surface area contributed by atoms with Gasteiger partial charge in [0, 0.05) is 5.69 Å². The van der Waals surface area contributed by atoms with E-state index in [1.165, 1.54) is 0 Å². The van der Waals surface area contributed by atoms with Crippen LogP contribution in [0.15, 0.2) is 23.4 Å². The number of hydrogen-bond acceptors (Lipinski definition) is 4. The molecule has 0 aromatic carbocycles. The number of aromatic nitrogens is 1. The van der Waals surface area contributed by atoms with Gasteiger partial charge in [-0.05, 0) is 26.0 Å². The predicted molar refractivity (Wildman–Crippen MR) is 59.3 cm³/mol. The Bertz CT molecular complexity index is 417. The Kier molecular flexibility index (Phi) is 3.82. The third-order valence-corrected chi connectivity index (χ3v) is 2.03. The number of aryl methyl sites for hydroxylation is 1. The quantitative estimate of drug-likeness (QED) is 0.295. The first-order chi connectivity index (χ1) is 7.54. The van der Waals surface area contributed by atoms with E-state index in [1.807, 2.05) is 0 Å². The van der Waals surface area contributed by atoms with Gasteiger partial charge in [0.15, 0.2) is 5.84 Å². The number of amides is 1. The Morgan fingerprint density at radius 1 is 1.62 bits per heavy atom. The van der Waals surface area contributed by atoms with E-state index in [4.69, 9.17) is 10.9 Å². The third kappa shape index (κ3) is 2.94. The highest BCUT2D eigenvalue weighted by molar-refractivity contribution is 5.96. The van der Waals surface area contributed by atoms with Crippen LogP contribution in [-0.4, -0.2) is 28.0 Å². The molecule has 0 aliphatic heterocycles. The van der Waals surface area contributed by atoms with Gasteiger partial charge < -0.3 is 16.3 Å². The lowest BCUT2D eigenvalue weighted by Gasteiger charge is -2.11. The van der Waals surface area contributed by atoms with Crippen LogP contribution < -0.4 is 11.1 Å². The molecule has 0 aliphatic carbocycles. The second-order valence-electron chi connectivity index (χ2n) is 3.38. The highest BCUT2D eigenvalue weighted by Gasteiger charge is 2.13. The zero-order valence-electron chi connectivity index (χ0n) is 9.14. The van der Waals surface area contributed by atoms with Crippen LogP contribution in [0, 0.1) is 6.92 Å². The SMILES string of the molecule is Cc1cccc(C(=O)NC(C)/C(N)=N/O)n1. The minimum Gasteiger partial charge on any atom is -0.409 e. The molecule has 6 nitrogen and oxygen atoms in total. The predicted octanol–water partition coefficient (Wildman–Crippen LogP) is 0.255. The molecule has 1 atom stereocenters. The standard InChI is InChI=1S/C10H14N4O2/c1-6-4-3-5-8(12-6)10(15)13-7(2)9(11)14-16/h3-5,7,16H,1-2H3,(H2,11,14)(H,13,15). The topological polar surface area (TPSA) is 101 Å². The summed E-state index contributed by atoms with van der Waals surface area (Å²) in [5.41, 5.74) is 6.39. The normalized spacial score (nSPS) is 13.2. The molecule has 6 heteroatoms. The van der Waals surface area contributed by atoms with Crippen LogP contribution in [0.1, 0.15) is 23.1 Å². The van der Waals surface area contributed by atoms with E-state index in [1.54, 1.807) is 32.0 Å². The minimum absolute atomic E-state index is 0.0546. The van der Waals surface area contributed by atoms with Gasteiger partial charge in [0.25, 0.3) is 5.91 Å². The second kappa shape index (κ2) is 5.11. The van der Waals surface area contributed by atoms with E-state index in [0.717, 1.165) is 5.69 Å². The maximum absolute atomic E-state index is 11.7. The summed E-state index contributed by atoms with van der Waals surface area (Å²) < 4.78 is 0. The Labute approximate surface area is 93.2 Å². The number of hydrogen-bond donors (Lipinski definition) is 3. The number of nitrogens with zero attached hydrogens (tertiary/aromatic N) is 2. The van der Waals surface area contributed by atoms with Crippen molar-refractivity contribution in [1.29, 1.82) is 0 Å². The molecule has 0 bridgehead atoms. The molecule has 0 aliphatic rings. The molecular weight excluding hydrogens is 208 g/mol. The van der Waals surface area contributed by atoms with Gasteiger partial charge in [0.1, 0.15) is 5.69 Å². The summed E-state index contributed by atoms with van der Waals surface area (Å²) in [6.07, 6.45) is 0. The van der Waals surface area contributed by atoms with Gasteiger partial charge >= 0.3 is 0 Å². The lowest BCUT2D eigenvalue weighted by Crippen LogP contribution is -2.42. The molecule has 1 aromatic rings. The van der Waals surface area contributed by atoms with Gasteiger partial charge in [0.05, 0.1) is 6.04 Å². The molecule has 0 saturated heterocycles. The van der Waals surface area contributed by atoms with Gasteiger partial charge in [-0.15, -0.1) is 0 Å². The summed E-state index contributed by atoms with van der Waals surface area (Å²) in [5, 5.41) is 13.8. The molecule has 1 unspecified atom stereocenters. The molecule has 4 N–H and O–H groups in total. The smallest absolute Gasteiger partial charge is 0.270 e. The Morgan fingerprint density at radius 2 is 2.31 bits per heavy atom. The van der Waals surface area contributed by atoms with Crippen LogP contribution in [0.3, 0.4) is 0 Å². The van der Waals surface area contributed by atoms with E-state index in [2.05, 4.69) is 15.5 Å². The van der Waals surface area contributed by atoms with Crippen molar-refractivity contribution in [1.82, 2.24) is 10.3 Å². The van der Waals surface area contributed by atoms with Crippen LogP contribution in [0.5, 0.6) is 0 Å². The van der Waals surface area contributed by atoms with Crippen molar-refractivity contribution < 1.29 is 10.0 Å². The van der Waals surface area contributed by atoms with E-state index >= 15 is 0 Å². The van der Waals surface area contributed by atoms with Gasteiger partial charge in [0.2, 0.25) is 0 Å². The highest BCUT2D eigenvalue weighted by atomic mass is 16.4. The van der Waals surface area contributed by atoms with Crippen molar-refractivity contribution in [2.24, 2.45) is 10.9 Å². The summed E-state index contributed by atoms with van der Waals surface area (Å²) >= 11 is 0. The van der Waals surface area contributed by atoms with Crippen molar-refractivity contribution in [2.45, 2.75) is 19.9 Å². The fourth-order valence-electron chi connectivity index (χ4n) is 1.10. The molecule has 16 heavy (non-hydrogen) atoms. The maximum atomic E-state index is 11.7. The molecule has 0 fully saturated rings.